The van der Waals surface area contributed by atoms with Crippen LogP contribution in [0.2, 0.25) is 5.02 Å². The van der Waals surface area contributed by atoms with Gasteiger partial charge in [-0.3, -0.25) is 9.69 Å². The van der Waals surface area contributed by atoms with E-state index in [-0.39, 0.29) is 18.1 Å². The Morgan fingerprint density at radius 1 is 1.17 bits per heavy atom. The molecule has 0 bridgehead atoms. The van der Waals surface area contributed by atoms with Crippen molar-refractivity contribution < 1.29 is 23.5 Å². The van der Waals surface area contributed by atoms with Crippen LogP contribution in [0.1, 0.15) is 42.9 Å². The minimum atomic E-state index is -0.658. The maximum atomic E-state index is 13.2. The summed E-state index contributed by atoms with van der Waals surface area (Å²) in [5.74, 6) is -0.849. The van der Waals surface area contributed by atoms with Crippen LogP contribution >= 0.6 is 11.6 Å². The second kappa shape index (κ2) is 10.1. The van der Waals surface area contributed by atoms with Crippen LogP contribution in [0.15, 0.2) is 54.7 Å². The number of hydrogen-bond acceptors (Lipinski definition) is 5. The van der Waals surface area contributed by atoms with Crippen molar-refractivity contribution >= 4 is 29.3 Å². The summed E-state index contributed by atoms with van der Waals surface area (Å²) >= 11 is 6.48. The fourth-order valence-corrected chi connectivity index (χ4v) is 3.94. The third-order valence-electron chi connectivity index (χ3n) is 5.31. The number of rotatable bonds is 4. The first-order valence-corrected chi connectivity index (χ1v) is 11.5. The van der Waals surface area contributed by atoms with E-state index < -0.39 is 23.6 Å². The predicted molar refractivity (Wildman–Crippen MR) is 129 cm³/mol. The number of ether oxygens (including phenoxy) is 2. The lowest BCUT2D eigenvalue weighted by Crippen LogP contribution is -2.46. The zero-order chi connectivity index (χ0) is 25.2. The number of nitrogens with one attached hydrogen (secondary N) is 1. The van der Waals surface area contributed by atoms with Crippen LogP contribution in [-0.4, -0.2) is 52.0 Å². The number of carbonyl (C=O) groups excluding carboxylic acids is 2. The van der Waals surface area contributed by atoms with E-state index in [0.29, 0.717) is 35.1 Å². The number of anilines is 1. The molecule has 1 unspecified atom stereocenters. The Morgan fingerprint density at radius 2 is 1.91 bits per heavy atom. The number of aromatic nitrogens is 2. The molecule has 10 heteroatoms. The molecule has 0 aliphatic carbocycles. The molecule has 8 nitrogen and oxygen atoms in total. The van der Waals surface area contributed by atoms with E-state index in [9.17, 15) is 14.0 Å². The van der Waals surface area contributed by atoms with Gasteiger partial charge in [0.25, 0.3) is 5.91 Å². The summed E-state index contributed by atoms with van der Waals surface area (Å²) in [7, 11) is 0. The van der Waals surface area contributed by atoms with Crippen molar-refractivity contribution in [1.29, 1.82) is 0 Å². The number of para-hydroxylation sites is 1. The van der Waals surface area contributed by atoms with E-state index in [0.717, 1.165) is 0 Å². The van der Waals surface area contributed by atoms with Gasteiger partial charge in [0, 0.05) is 18.3 Å². The molecule has 35 heavy (non-hydrogen) atoms. The van der Waals surface area contributed by atoms with Gasteiger partial charge in [0.05, 0.1) is 35.7 Å². The molecule has 1 aliphatic heterocycles. The summed E-state index contributed by atoms with van der Waals surface area (Å²) in [5, 5.41) is 7.43. The highest BCUT2D eigenvalue weighted by Crippen LogP contribution is 2.36. The van der Waals surface area contributed by atoms with Gasteiger partial charge in [-0.25, -0.2) is 13.9 Å². The first-order chi connectivity index (χ1) is 16.6. The summed E-state index contributed by atoms with van der Waals surface area (Å²) in [5.41, 5.74) is 1.07. The quantitative estimate of drug-likeness (QED) is 0.530. The molecule has 1 fully saturated rings. The van der Waals surface area contributed by atoms with Crippen molar-refractivity contribution in [3.05, 3.63) is 76.8 Å². The summed E-state index contributed by atoms with van der Waals surface area (Å²) in [6.07, 6.45) is 1.13. The molecule has 184 valence electrons. The Kier molecular flexibility index (Phi) is 7.09. The molecule has 1 aliphatic rings. The van der Waals surface area contributed by atoms with Crippen LogP contribution in [-0.2, 0) is 9.47 Å². The number of hydrogen-bond donors (Lipinski definition) is 1. The molecule has 2 aromatic carbocycles. The maximum Gasteiger partial charge on any atom is 0.410 e. The van der Waals surface area contributed by atoms with Gasteiger partial charge >= 0.3 is 6.09 Å². The molecule has 0 radical (unpaired) electrons. The third-order valence-corrected chi connectivity index (χ3v) is 5.63. The van der Waals surface area contributed by atoms with Gasteiger partial charge in [0.15, 0.2) is 5.69 Å². The Balaban J connectivity index is 1.59. The SMILES string of the molecule is CC(C)(C)OC(=O)N1CCOCC1c1cccc(Cl)c1NC(=O)c1ccn(-c2ccc(F)cc2)n1. The normalized spacial score (nSPS) is 16.1. The first-order valence-electron chi connectivity index (χ1n) is 11.1. The van der Waals surface area contributed by atoms with Crippen molar-refractivity contribution in [1.82, 2.24) is 14.7 Å². The minimum absolute atomic E-state index is 0.143. The van der Waals surface area contributed by atoms with Crippen molar-refractivity contribution in [3.8, 4) is 5.69 Å². The number of halogens is 2. The van der Waals surface area contributed by atoms with Crippen molar-refractivity contribution in [2.24, 2.45) is 0 Å². The van der Waals surface area contributed by atoms with E-state index in [4.69, 9.17) is 21.1 Å². The Hall–Kier alpha value is -3.43. The number of amides is 2. The molecular weight excluding hydrogens is 475 g/mol. The number of carbonyl (C=O) groups is 2. The fourth-order valence-electron chi connectivity index (χ4n) is 3.71. The molecule has 1 atom stereocenters. The molecule has 1 saturated heterocycles. The third kappa shape index (κ3) is 5.80. The van der Waals surface area contributed by atoms with Crippen LogP contribution in [0.25, 0.3) is 5.69 Å². The topological polar surface area (TPSA) is 85.7 Å². The summed E-state index contributed by atoms with van der Waals surface area (Å²) < 4.78 is 25.9. The van der Waals surface area contributed by atoms with Gasteiger partial charge < -0.3 is 14.8 Å². The zero-order valence-corrected chi connectivity index (χ0v) is 20.4. The predicted octanol–water partition coefficient (Wildman–Crippen LogP) is 5.23. The highest BCUT2D eigenvalue weighted by molar-refractivity contribution is 6.34. The van der Waals surface area contributed by atoms with Crippen LogP contribution in [0, 0.1) is 5.82 Å². The van der Waals surface area contributed by atoms with Crippen LogP contribution in [0.4, 0.5) is 14.9 Å². The van der Waals surface area contributed by atoms with Gasteiger partial charge in [-0.2, -0.15) is 5.10 Å². The molecule has 2 heterocycles. The smallest absolute Gasteiger partial charge is 0.410 e. The molecule has 1 aromatic heterocycles. The van der Waals surface area contributed by atoms with Gasteiger partial charge in [0.1, 0.15) is 11.4 Å². The van der Waals surface area contributed by atoms with E-state index >= 15 is 0 Å². The summed E-state index contributed by atoms with van der Waals surface area (Å²) in [6.45, 7) is 6.34. The zero-order valence-electron chi connectivity index (χ0n) is 19.6. The summed E-state index contributed by atoms with van der Waals surface area (Å²) in [4.78, 5) is 27.5. The van der Waals surface area contributed by atoms with Crippen LogP contribution in [0.3, 0.4) is 0 Å². The Labute approximate surface area is 207 Å². The highest BCUT2D eigenvalue weighted by Gasteiger charge is 2.34. The average Bonchev–Trinajstić information content (AvgIpc) is 3.30. The number of benzene rings is 2. The minimum Gasteiger partial charge on any atom is -0.444 e. The van der Waals surface area contributed by atoms with Gasteiger partial charge in [-0.15, -0.1) is 0 Å². The molecule has 0 spiro atoms. The van der Waals surface area contributed by atoms with Crippen LogP contribution < -0.4 is 5.32 Å². The largest absolute Gasteiger partial charge is 0.444 e. The van der Waals surface area contributed by atoms with Gasteiger partial charge in [-0.1, -0.05) is 23.7 Å². The Morgan fingerprint density at radius 3 is 2.63 bits per heavy atom. The standard InChI is InChI=1S/C25H26ClFN4O4/c1-25(2,3)35-24(33)30-13-14-34-15-21(30)18-5-4-6-19(26)22(18)28-23(32)20-11-12-31(29-20)17-9-7-16(27)8-10-17/h4-12,21H,13-15H2,1-3H3,(H,28,32). The van der Waals surface area contributed by atoms with Crippen LogP contribution in [0.5, 0.6) is 0 Å². The molecular formula is C25H26ClFN4O4. The monoisotopic (exact) mass is 500 g/mol. The molecule has 2 amide bonds. The van der Waals surface area contributed by atoms with E-state index in [1.165, 1.54) is 16.8 Å². The lowest BCUT2D eigenvalue weighted by molar-refractivity contribution is -0.0329. The molecule has 0 saturated carbocycles. The number of nitrogens with zero attached hydrogens (tertiary/aromatic N) is 3. The Bertz CT molecular complexity index is 1220. The average molecular weight is 501 g/mol. The van der Waals surface area contributed by atoms with Gasteiger partial charge in [0.2, 0.25) is 0 Å². The summed E-state index contributed by atoms with van der Waals surface area (Å²) in [6, 6.07) is 12.0. The number of morpholine rings is 1. The fraction of sp³-hybridized carbons (Fsp3) is 0.320. The molecule has 3 aromatic rings. The lowest BCUT2D eigenvalue weighted by atomic mass is 10.0. The van der Waals surface area contributed by atoms with Crippen molar-refractivity contribution in [3.63, 3.8) is 0 Å². The van der Waals surface area contributed by atoms with E-state index in [1.54, 1.807) is 68.3 Å². The van der Waals surface area contributed by atoms with Gasteiger partial charge in [-0.05, 0) is 57.2 Å². The maximum absolute atomic E-state index is 13.2. The first kappa shape index (κ1) is 24.7. The van der Waals surface area contributed by atoms with E-state index in [1.807, 2.05) is 0 Å². The van der Waals surface area contributed by atoms with Crippen molar-refractivity contribution in [2.75, 3.05) is 25.1 Å². The molecule has 4 rings (SSSR count). The second-order valence-corrected chi connectivity index (χ2v) is 9.45. The lowest BCUT2D eigenvalue weighted by Gasteiger charge is -2.37. The second-order valence-electron chi connectivity index (χ2n) is 9.04. The molecule has 1 N–H and O–H groups in total. The highest BCUT2D eigenvalue weighted by atomic mass is 35.5. The van der Waals surface area contributed by atoms with Crippen molar-refractivity contribution in [2.45, 2.75) is 32.4 Å². The van der Waals surface area contributed by atoms with E-state index in [2.05, 4.69) is 10.4 Å².